The first-order chi connectivity index (χ1) is 6.57. The molecule has 0 bridgehead atoms. The van der Waals surface area contributed by atoms with Crippen LogP contribution in [0.25, 0.3) is 0 Å². The fourth-order valence-electron chi connectivity index (χ4n) is 0.999. The lowest BCUT2D eigenvalue weighted by Gasteiger charge is -2.26. The van der Waals surface area contributed by atoms with E-state index in [1.807, 2.05) is 0 Å². The van der Waals surface area contributed by atoms with Crippen LogP contribution in [0.3, 0.4) is 0 Å². The Balaban J connectivity index is 4.23. The van der Waals surface area contributed by atoms with Crippen molar-refractivity contribution in [1.29, 1.82) is 0 Å². The molecule has 0 spiro atoms. The van der Waals surface area contributed by atoms with Gasteiger partial charge in [0.05, 0.1) is 12.2 Å². The molecule has 0 aliphatic rings. The van der Waals surface area contributed by atoms with Crippen molar-refractivity contribution in [2.24, 2.45) is 5.73 Å². The minimum atomic E-state index is -1.35. The fraction of sp³-hybridized carbons (Fsp3) is 0.900. The molecule has 0 rings (SSSR count). The molecule has 0 aromatic heterocycles. The highest BCUT2D eigenvalue weighted by Gasteiger charge is 2.29. The topological polar surface area (TPSA) is 92.8 Å². The first-order valence-electron chi connectivity index (χ1n) is 4.89. The highest BCUT2D eigenvalue weighted by atomic mass is 16.6. The van der Waals surface area contributed by atoms with Gasteiger partial charge in [0.2, 0.25) is 0 Å². The highest BCUT2D eigenvalue weighted by molar-refractivity contribution is 5.76. The summed E-state index contributed by atoms with van der Waals surface area (Å²) in [5.74, 6) is -0.573. The number of nitrogens with two attached hydrogens (primary N) is 1. The van der Waals surface area contributed by atoms with E-state index in [-0.39, 0.29) is 6.42 Å². The SMILES string of the molecule is CC(O)(CO)CC(N)C(=O)OC(C)(C)C. The van der Waals surface area contributed by atoms with Gasteiger partial charge in [-0.2, -0.15) is 0 Å². The molecule has 0 amide bonds. The predicted octanol–water partition coefficient (Wildman–Crippen LogP) is -0.211. The summed E-state index contributed by atoms with van der Waals surface area (Å²) in [5.41, 5.74) is 3.59. The fourth-order valence-corrected chi connectivity index (χ4v) is 0.999. The summed E-state index contributed by atoms with van der Waals surface area (Å²) in [6.07, 6.45) is -0.0294. The molecule has 0 saturated heterocycles. The molecular formula is C10H21NO4. The molecule has 0 aromatic carbocycles. The van der Waals surface area contributed by atoms with Gasteiger partial charge >= 0.3 is 5.97 Å². The van der Waals surface area contributed by atoms with Gasteiger partial charge in [-0.15, -0.1) is 0 Å². The molecule has 0 aliphatic carbocycles. The van der Waals surface area contributed by atoms with Crippen molar-refractivity contribution >= 4 is 5.97 Å². The second-order valence-corrected chi connectivity index (χ2v) is 5.00. The average Bonchev–Trinajstić information content (AvgIpc) is 2.00. The Labute approximate surface area is 90.2 Å². The number of aliphatic hydroxyl groups is 2. The lowest BCUT2D eigenvalue weighted by molar-refractivity contribution is -0.158. The standard InChI is InChI=1S/C10H21NO4/c1-9(2,3)15-8(13)7(11)5-10(4,14)6-12/h7,12,14H,5-6,11H2,1-4H3. The van der Waals surface area contributed by atoms with Gasteiger partial charge in [-0.05, 0) is 27.7 Å². The van der Waals surface area contributed by atoms with Crippen LogP contribution >= 0.6 is 0 Å². The van der Waals surface area contributed by atoms with Gasteiger partial charge in [-0.25, -0.2) is 0 Å². The zero-order valence-corrected chi connectivity index (χ0v) is 9.78. The van der Waals surface area contributed by atoms with Crippen molar-refractivity contribution < 1.29 is 19.7 Å². The van der Waals surface area contributed by atoms with E-state index in [2.05, 4.69) is 0 Å². The maximum absolute atomic E-state index is 11.4. The molecule has 0 aromatic rings. The third-order valence-electron chi connectivity index (χ3n) is 1.71. The van der Waals surface area contributed by atoms with Crippen molar-refractivity contribution in [3.63, 3.8) is 0 Å². The molecule has 90 valence electrons. The number of hydrogen-bond donors (Lipinski definition) is 3. The summed E-state index contributed by atoms with van der Waals surface area (Å²) >= 11 is 0. The molecule has 2 unspecified atom stereocenters. The van der Waals surface area contributed by atoms with Crippen LogP contribution in [-0.2, 0) is 9.53 Å². The van der Waals surface area contributed by atoms with Gasteiger partial charge in [-0.3, -0.25) is 4.79 Å². The number of carbonyl (C=O) groups is 1. The van der Waals surface area contributed by atoms with E-state index in [1.54, 1.807) is 20.8 Å². The molecule has 4 N–H and O–H groups in total. The highest BCUT2D eigenvalue weighted by Crippen LogP contribution is 2.14. The Morgan fingerprint density at radius 1 is 1.40 bits per heavy atom. The first-order valence-corrected chi connectivity index (χ1v) is 4.89. The minimum absolute atomic E-state index is 0.0294. The van der Waals surface area contributed by atoms with Crippen molar-refractivity contribution in [2.45, 2.75) is 51.4 Å². The Morgan fingerprint density at radius 3 is 2.20 bits per heavy atom. The molecule has 0 fully saturated rings. The normalized spacial score (nSPS) is 18.1. The summed E-state index contributed by atoms with van der Waals surface area (Å²) in [4.78, 5) is 11.4. The number of aliphatic hydroxyl groups excluding tert-OH is 1. The molecule has 5 heteroatoms. The molecule has 15 heavy (non-hydrogen) atoms. The van der Waals surface area contributed by atoms with Crippen molar-refractivity contribution in [1.82, 2.24) is 0 Å². The lowest BCUT2D eigenvalue weighted by Crippen LogP contribution is -2.44. The molecular weight excluding hydrogens is 198 g/mol. The second kappa shape index (κ2) is 4.92. The van der Waals surface area contributed by atoms with E-state index >= 15 is 0 Å². The van der Waals surface area contributed by atoms with E-state index < -0.39 is 29.8 Å². The van der Waals surface area contributed by atoms with Crippen LogP contribution in [0.5, 0.6) is 0 Å². The maximum Gasteiger partial charge on any atom is 0.323 e. The van der Waals surface area contributed by atoms with Gasteiger partial charge in [0.15, 0.2) is 0 Å². The predicted molar refractivity (Wildman–Crippen MR) is 56.1 cm³/mol. The van der Waals surface area contributed by atoms with Gasteiger partial charge in [0, 0.05) is 6.42 Å². The molecule has 2 atom stereocenters. The molecule has 0 saturated carbocycles. The molecule has 0 aliphatic heterocycles. The number of ether oxygens (including phenoxy) is 1. The van der Waals surface area contributed by atoms with E-state index in [9.17, 15) is 9.90 Å². The van der Waals surface area contributed by atoms with Crippen molar-refractivity contribution in [2.75, 3.05) is 6.61 Å². The van der Waals surface area contributed by atoms with E-state index in [0.29, 0.717) is 0 Å². The van der Waals surface area contributed by atoms with Crippen LogP contribution in [0.1, 0.15) is 34.1 Å². The first kappa shape index (κ1) is 14.3. The molecule has 0 heterocycles. The van der Waals surface area contributed by atoms with Crippen LogP contribution in [0.2, 0.25) is 0 Å². The quantitative estimate of drug-likeness (QED) is 0.569. The van der Waals surface area contributed by atoms with Crippen molar-refractivity contribution in [3.05, 3.63) is 0 Å². The van der Waals surface area contributed by atoms with Gasteiger partial charge in [-0.1, -0.05) is 0 Å². The van der Waals surface area contributed by atoms with Crippen LogP contribution in [0, 0.1) is 0 Å². The van der Waals surface area contributed by atoms with Gasteiger partial charge < -0.3 is 20.7 Å². The van der Waals surface area contributed by atoms with E-state index in [0.717, 1.165) is 0 Å². The smallest absolute Gasteiger partial charge is 0.323 e. The van der Waals surface area contributed by atoms with Gasteiger partial charge in [0.25, 0.3) is 0 Å². The zero-order chi connectivity index (χ0) is 12.3. The summed E-state index contributed by atoms with van der Waals surface area (Å²) in [6, 6.07) is -0.925. The molecule has 0 radical (unpaired) electrons. The number of carbonyl (C=O) groups excluding carboxylic acids is 1. The third kappa shape index (κ3) is 6.43. The average molecular weight is 219 g/mol. The van der Waals surface area contributed by atoms with Crippen molar-refractivity contribution in [3.8, 4) is 0 Å². The van der Waals surface area contributed by atoms with Crippen LogP contribution in [0.4, 0.5) is 0 Å². The van der Waals surface area contributed by atoms with Crippen LogP contribution in [0.15, 0.2) is 0 Å². The summed E-state index contributed by atoms with van der Waals surface area (Å²) in [6.45, 7) is 6.19. The van der Waals surface area contributed by atoms with Crippen LogP contribution < -0.4 is 5.73 Å². The summed E-state index contributed by atoms with van der Waals surface area (Å²) in [5, 5.41) is 18.3. The number of hydrogen-bond acceptors (Lipinski definition) is 5. The summed E-state index contributed by atoms with van der Waals surface area (Å²) in [7, 11) is 0. The maximum atomic E-state index is 11.4. The van der Waals surface area contributed by atoms with Crippen LogP contribution in [-0.4, -0.2) is 40.0 Å². The lowest BCUT2D eigenvalue weighted by atomic mass is 9.98. The van der Waals surface area contributed by atoms with E-state index in [1.165, 1.54) is 6.92 Å². The Bertz CT molecular complexity index is 220. The third-order valence-corrected chi connectivity index (χ3v) is 1.71. The second-order valence-electron chi connectivity index (χ2n) is 5.00. The number of rotatable bonds is 4. The summed E-state index contributed by atoms with van der Waals surface area (Å²) < 4.78 is 5.03. The number of esters is 1. The Kier molecular flexibility index (Phi) is 4.70. The molecule has 5 nitrogen and oxygen atoms in total. The largest absolute Gasteiger partial charge is 0.459 e. The monoisotopic (exact) mass is 219 g/mol. The minimum Gasteiger partial charge on any atom is -0.459 e. The Morgan fingerprint density at radius 2 is 1.87 bits per heavy atom. The Hall–Kier alpha value is -0.650. The zero-order valence-electron chi connectivity index (χ0n) is 9.78. The van der Waals surface area contributed by atoms with E-state index in [4.69, 9.17) is 15.6 Å². The van der Waals surface area contributed by atoms with Gasteiger partial charge in [0.1, 0.15) is 11.6 Å².